The van der Waals surface area contributed by atoms with Crippen LogP contribution in [0.4, 0.5) is 5.82 Å². The number of carbonyl (C=O) groups excluding carboxylic acids is 1. The van der Waals surface area contributed by atoms with Crippen LogP contribution < -0.4 is 5.32 Å². The van der Waals surface area contributed by atoms with Gasteiger partial charge in [-0.25, -0.2) is 0 Å². The monoisotopic (exact) mass is 152 g/mol. The molecule has 6 heteroatoms. The minimum Gasteiger partial charge on any atom is -0.354 e. The largest absolute Gasteiger partial charge is 0.495 e. The third-order valence-electron chi connectivity index (χ3n) is 1.17. The molecule has 1 aromatic heterocycles. The Morgan fingerprint density at radius 3 is 3.18 bits per heavy atom. The summed E-state index contributed by atoms with van der Waals surface area (Å²) in [5.41, 5.74) is 0.148. The van der Waals surface area contributed by atoms with Gasteiger partial charge in [-0.15, -0.1) is 0 Å². The van der Waals surface area contributed by atoms with Crippen LogP contribution in [0.15, 0.2) is 6.33 Å². The van der Waals surface area contributed by atoms with Gasteiger partial charge < -0.3 is 10.3 Å². The number of aromatic amines is 1. The molecule has 1 heterocycles. The maximum atomic E-state index is 10.9. The van der Waals surface area contributed by atoms with Gasteiger partial charge in [0.15, 0.2) is 0 Å². The molecule has 0 saturated carbocycles. The first-order chi connectivity index (χ1) is 5.29. The maximum absolute atomic E-state index is 10.9. The summed E-state index contributed by atoms with van der Waals surface area (Å²) in [6, 6.07) is 0. The summed E-state index contributed by atoms with van der Waals surface area (Å²) in [6.45, 7) is 0. The fourth-order valence-electron chi connectivity index (χ4n) is 0.655. The fourth-order valence-corrected chi connectivity index (χ4v) is 0.655. The Kier molecular flexibility index (Phi) is 1.83. The number of carbonyl (C=O) groups is 1. The van der Waals surface area contributed by atoms with Gasteiger partial charge in [-0.2, -0.15) is 0 Å². The average Bonchev–Trinajstić information content (AvgIpc) is 2.50. The lowest BCUT2D eigenvalue weighted by atomic mass is 10.4. The van der Waals surface area contributed by atoms with E-state index in [1.165, 1.54) is 13.4 Å². The van der Waals surface area contributed by atoms with E-state index < -0.39 is 0 Å². The minimum atomic E-state index is -0.365. The smallest absolute Gasteiger partial charge is 0.354 e. The second-order valence-electron chi connectivity index (χ2n) is 1.78. The summed E-state index contributed by atoms with van der Waals surface area (Å²) in [5.74, 6) is -0.375. The molecule has 1 aromatic rings. The van der Waals surface area contributed by atoms with Gasteiger partial charge in [-0.05, 0) is 4.98 Å². The lowest BCUT2D eigenvalue weighted by Gasteiger charge is -1.88. The van der Waals surface area contributed by atoms with E-state index in [2.05, 4.69) is 20.3 Å². The van der Waals surface area contributed by atoms with Crippen molar-refractivity contribution in [3.63, 3.8) is 0 Å². The van der Waals surface area contributed by atoms with Gasteiger partial charge >= 0.3 is 5.82 Å². The molecule has 0 bridgehead atoms. The molecule has 1 amide bonds. The molecule has 6 nitrogen and oxygen atoms in total. The predicted molar refractivity (Wildman–Crippen MR) is 36.7 cm³/mol. The van der Waals surface area contributed by atoms with Gasteiger partial charge in [-0.1, -0.05) is 0 Å². The first-order valence-electron chi connectivity index (χ1n) is 2.90. The van der Waals surface area contributed by atoms with Crippen molar-refractivity contribution in [3.8, 4) is 0 Å². The van der Waals surface area contributed by atoms with E-state index in [0.717, 1.165) is 0 Å². The number of hydrogen-bond donors (Lipinski definition) is 2. The Hall–Kier alpha value is -1.90. The lowest BCUT2D eigenvalue weighted by Crippen LogP contribution is -2.18. The number of imidazole rings is 1. The Morgan fingerprint density at radius 1 is 1.91 bits per heavy atom. The maximum Gasteiger partial charge on any atom is 0.495 e. The van der Waals surface area contributed by atoms with Crippen molar-refractivity contribution in [2.75, 3.05) is 7.05 Å². The van der Waals surface area contributed by atoms with Crippen molar-refractivity contribution in [1.82, 2.24) is 15.3 Å². The van der Waals surface area contributed by atoms with Crippen LogP contribution in [0.2, 0.25) is 0 Å². The number of hydrogen-bond acceptors (Lipinski definition) is 3. The van der Waals surface area contributed by atoms with Crippen LogP contribution >= 0.6 is 0 Å². The molecule has 0 spiro atoms. The summed E-state index contributed by atoms with van der Waals surface area (Å²) in [7, 11) is 1.48. The molecule has 0 aliphatic heterocycles. The highest BCUT2D eigenvalue weighted by molar-refractivity contribution is 5.96. The van der Waals surface area contributed by atoms with Gasteiger partial charge in [0.2, 0.25) is 12.0 Å². The van der Waals surface area contributed by atoms with E-state index in [9.17, 15) is 4.79 Å². The number of amides is 1. The molecule has 0 atom stereocenters. The first-order valence-corrected chi connectivity index (χ1v) is 2.90. The molecule has 0 aliphatic carbocycles. The Labute approximate surface area is 62.3 Å². The fraction of sp³-hybridized carbons (Fsp3) is 0.200. The molecule has 0 aromatic carbocycles. The summed E-state index contributed by atoms with van der Waals surface area (Å²) in [4.78, 5) is 19.8. The van der Waals surface area contributed by atoms with Crippen molar-refractivity contribution in [1.29, 1.82) is 5.39 Å². The topological polar surface area (TPSA) is 85.9 Å². The summed E-state index contributed by atoms with van der Waals surface area (Å²) >= 11 is 0. The number of diazo groups is 1. The normalized spacial score (nSPS) is 8.73. The molecule has 0 aliphatic rings. The van der Waals surface area contributed by atoms with Crippen LogP contribution in [0.25, 0.3) is 4.98 Å². The molecule has 0 fully saturated rings. The minimum absolute atomic E-state index is 0.00986. The molecule has 1 rings (SSSR count). The quantitative estimate of drug-likeness (QED) is 0.565. The Bertz CT molecular complexity index is 309. The van der Waals surface area contributed by atoms with E-state index in [1.807, 2.05) is 0 Å². The predicted octanol–water partition coefficient (Wildman–Crippen LogP) is 0.254. The van der Waals surface area contributed by atoms with Crippen molar-refractivity contribution in [3.05, 3.63) is 17.0 Å². The van der Waals surface area contributed by atoms with Crippen LogP contribution in [-0.4, -0.2) is 22.9 Å². The third kappa shape index (κ3) is 1.16. The number of aromatic nitrogens is 2. The zero-order valence-corrected chi connectivity index (χ0v) is 5.83. The van der Waals surface area contributed by atoms with Gasteiger partial charge in [0, 0.05) is 12.0 Å². The molecule has 0 saturated heterocycles. The molecular formula is C5H6N5O+. The van der Waals surface area contributed by atoms with Crippen LogP contribution in [0.1, 0.15) is 10.5 Å². The van der Waals surface area contributed by atoms with E-state index in [0.29, 0.717) is 0 Å². The van der Waals surface area contributed by atoms with Crippen LogP contribution in [-0.2, 0) is 0 Å². The molecule has 56 valence electrons. The highest BCUT2D eigenvalue weighted by atomic mass is 16.1. The number of nitrogens with zero attached hydrogens (tertiary/aromatic N) is 3. The van der Waals surface area contributed by atoms with Crippen LogP contribution in [0.3, 0.4) is 0 Å². The van der Waals surface area contributed by atoms with E-state index >= 15 is 0 Å². The zero-order valence-electron chi connectivity index (χ0n) is 5.83. The SMILES string of the molecule is CNC(=O)c1[nH]cnc1[N+]#N. The van der Waals surface area contributed by atoms with E-state index in [4.69, 9.17) is 5.39 Å². The Morgan fingerprint density at radius 2 is 2.64 bits per heavy atom. The number of H-pyrrole nitrogens is 1. The van der Waals surface area contributed by atoms with Crippen molar-refractivity contribution in [2.24, 2.45) is 0 Å². The second-order valence-corrected chi connectivity index (χ2v) is 1.78. The van der Waals surface area contributed by atoms with Crippen molar-refractivity contribution in [2.45, 2.75) is 0 Å². The molecule has 2 N–H and O–H groups in total. The van der Waals surface area contributed by atoms with Gasteiger partial charge in [0.05, 0.1) is 5.39 Å². The second kappa shape index (κ2) is 2.79. The van der Waals surface area contributed by atoms with Gasteiger partial charge in [0.25, 0.3) is 5.91 Å². The molecular weight excluding hydrogens is 146 g/mol. The summed E-state index contributed by atoms with van der Waals surface area (Å²) in [6.07, 6.45) is 1.28. The highest BCUT2D eigenvalue weighted by Gasteiger charge is 2.22. The third-order valence-corrected chi connectivity index (χ3v) is 1.17. The van der Waals surface area contributed by atoms with E-state index in [1.54, 1.807) is 0 Å². The Balaban J connectivity index is 3.05. The highest BCUT2D eigenvalue weighted by Crippen LogP contribution is 2.11. The zero-order chi connectivity index (χ0) is 8.27. The molecule has 0 radical (unpaired) electrons. The van der Waals surface area contributed by atoms with Crippen LogP contribution in [0, 0.1) is 5.39 Å². The average molecular weight is 152 g/mol. The van der Waals surface area contributed by atoms with Crippen molar-refractivity contribution < 1.29 is 4.79 Å². The molecule has 0 unspecified atom stereocenters. The summed E-state index contributed by atoms with van der Waals surface area (Å²) < 4.78 is 0. The van der Waals surface area contributed by atoms with Crippen molar-refractivity contribution >= 4 is 11.7 Å². The molecule has 11 heavy (non-hydrogen) atoms. The standard InChI is InChI=1S/C5H5N5O/c1-7-5(11)3-4(10-6)9-2-8-3/h2H,1H3,(H-,7,8,9,11)/p+1. The summed E-state index contributed by atoms with van der Waals surface area (Å²) in [5, 5.41) is 10.7. The van der Waals surface area contributed by atoms with E-state index in [-0.39, 0.29) is 17.4 Å². The first kappa shape index (κ1) is 7.21. The lowest BCUT2D eigenvalue weighted by molar-refractivity contribution is 0.0959. The van der Waals surface area contributed by atoms with Gasteiger partial charge in [0.1, 0.15) is 0 Å². The number of nitrogens with one attached hydrogen (secondary N) is 2. The number of rotatable bonds is 1. The van der Waals surface area contributed by atoms with Crippen LogP contribution in [0.5, 0.6) is 0 Å². The van der Waals surface area contributed by atoms with Gasteiger partial charge in [-0.3, -0.25) is 4.79 Å².